The first-order chi connectivity index (χ1) is 10.9. The minimum absolute atomic E-state index is 0.0408. The molecule has 8 heteroatoms. The van der Waals surface area contributed by atoms with E-state index in [2.05, 4.69) is 20.6 Å². The second-order valence-electron chi connectivity index (χ2n) is 5.71. The van der Waals surface area contributed by atoms with E-state index in [-0.39, 0.29) is 5.95 Å². The summed E-state index contributed by atoms with van der Waals surface area (Å²) in [5.74, 6) is 0.0408. The lowest BCUT2D eigenvalue weighted by atomic mass is 9.91. The molecule has 2 aromatic rings. The van der Waals surface area contributed by atoms with E-state index in [1.54, 1.807) is 0 Å². The van der Waals surface area contributed by atoms with E-state index in [0.717, 1.165) is 18.5 Å². The first-order valence-corrected chi connectivity index (χ1v) is 7.56. The lowest BCUT2D eigenvalue weighted by molar-refractivity contribution is -0.137. The van der Waals surface area contributed by atoms with Gasteiger partial charge < -0.3 is 10.6 Å². The van der Waals surface area contributed by atoms with Crippen molar-refractivity contribution in [3.05, 3.63) is 46.2 Å². The molecule has 120 valence electrons. The molecular weight excluding hydrogens is 329 g/mol. The van der Waals surface area contributed by atoms with Crippen molar-refractivity contribution in [3.63, 3.8) is 0 Å². The number of anilines is 2. The van der Waals surface area contributed by atoms with Crippen LogP contribution >= 0.6 is 11.6 Å². The molecule has 0 aliphatic carbocycles. The number of hydrogen-bond donors (Lipinski definition) is 2. The average Bonchev–Trinajstić information content (AvgIpc) is 3.07. The monoisotopic (exact) mass is 340 g/mol. The third kappa shape index (κ3) is 2.53. The standard InChI is InChI=1S/C15H12ClF3N4/c16-13-10(15(17,18)19)6-20-14(23-13)21-7-1-2-8-9(5-7)12-4-3-11(8)22-12/h1-2,5-6,11-12,22H,3-4H2,(H,20,21,23)/t11-,12+/m0/s1. The third-order valence-electron chi connectivity index (χ3n) is 4.29. The number of nitrogens with one attached hydrogen (secondary N) is 2. The van der Waals surface area contributed by atoms with Crippen molar-refractivity contribution in [2.75, 3.05) is 5.32 Å². The maximum absolute atomic E-state index is 12.7. The van der Waals surface area contributed by atoms with Gasteiger partial charge in [-0.3, -0.25) is 0 Å². The molecule has 2 aliphatic rings. The molecule has 0 unspecified atom stereocenters. The second kappa shape index (κ2) is 5.07. The molecule has 1 saturated heterocycles. The molecule has 0 saturated carbocycles. The van der Waals surface area contributed by atoms with E-state index in [9.17, 15) is 13.2 Å². The van der Waals surface area contributed by atoms with Crippen LogP contribution in [0.5, 0.6) is 0 Å². The number of alkyl halides is 3. The fraction of sp³-hybridized carbons (Fsp3) is 0.333. The molecule has 4 nitrogen and oxygen atoms in total. The predicted octanol–water partition coefficient (Wildman–Crippen LogP) is 4.37. The molecule has 0 spiro atoms. The summed E-state index contributed by atoms with van der Waals surface area (Å²) in [6.45, 7) is 0. The average molecular weight is 341 g/mol. The molecule has 0 amide bonds. The molecule has 0 radical (unpaired) electrons. The lowest BCUT2D eigenvalue weighted by Gasteiger charge is -2.15. The summed E-state index contributed by atoms with van der Waals surface area (Å²) in [6, 6.07) is 6.66. The van der Waals surface area contributed by atoms with Gasteiger partial charge in [-0.2, -0.15) is 13.2 Å². The van der Waals surface area contributed by atoms with Crippen molar-refractivity contribution < 1.29 is 13.2 Å². The van der Waals surface area contributed by atoms with Gasteiger partial charge in [0, 0.05) is 24.0 Å². The van der Waals surface area contributed by atoms with Gasteiger partial charge in [0.2, 0.25) is 5.95 Å². The van der Waals surface area contributed by atoms with Gasteiger partial charge in [0.15, 0.2) is 0 Å². The summed E-state index contributed by atoms with van der Waals surface area (Å²) >= 11 is 5.60. The smallest absolute Gasteiger partial charge is 0.324 e. The van der Waals surface area contributed by atoms with Crippen molar-refractivity contribution in [1.82, 2.24) is 15.3 Å². The summed E-state index contributed by atoms with van der Waals surface area (Å²) in [5, 5.41) is 5.81. The maximum atomic E-state index is 12.7. The van der Waals surface area contributed by atoms with Gasteiger partial charge in [-0.1, -0.05) is 17.7 Å². The molecule has 1 aromatic carbocycles. The van der Waals surface area contributed by atoms with Crippen LogP contribution in [0.15, 0.2) is 24.4 Å². The highest BCUT2D eigenvalue weighted by atomic mass is 35.5. The van der Waals surface area contributed by atoms with Crippen LogP contribution in [0.3, 0.4) is 0 Å². The number of nitrogens with zero attached hydrogens (tertiary/aromatic N) is 2. The van der Waals surface area contributed by atoms with Gasteiger partial charge in [-0.25, -0.2) is 9.97 Å². The van der Waals surface area contributed by atoms with Gasteiger partial charge in [0.25, 0.3) is 0 Å². The van der Waals surface area contributed by atoms with Crippen molar-refractivity contribution in [2.24, 2.45) is 0 Å². The number of rotatable bonds is 2. The van der Waals surface area contributed by atoms with Crippen LogP contribution in [0.1, 0.15) is 41.6 Å². The van der Waals surface area contributed by atoms with Crippen LogP contribution in [0.4, 0.5) is 24.8 Å². The van der Waals surface area contributed by atoms with Gasteiger partial charge >= 0.3 is 6.18 Å². The van der Waals surface area contributed by atoms with Crippen molar-refractivity contribution in [3.8, 4) is 0 Å². The van der Waals surface area contributed by atoms with E-state index in [4.69, 9.17) is 11.6 Å². The van der Waals surface area contributed by atoms with Crippen molar-refractivity contribution in [2.45, 2.75) is 31.1 Å². The molecule has 2 atom stereocenters. The zero-order valence-electron chi connectivity index (χ0n) is 11.8. The molecular formula is C15H12ClF3N4. The number of fused-ring (bicyclic) bond motifs is 5. The van der Waals surface area contributed by atoms with Gasteiger partial charge in [-0.15, -0.1) is 0 Å². The van der Waals surface area contributed by atoms with Crippen LogP contribution in [0.2, 0.25) is 5.15 Å². The fourth-order valence-corrected chi connectivity index (χ4v) is 3.48. The number of halogens is 4. The van der Waals surface area contributed by atoms with Gasteiger partial charge in [0.05, 0.1) is 0 Å². The zero-order chi connectivity index (χ0) is 16.2. The Labute approximate surface area is 135 Å². The van der Waals surface area contributed by atoms with Crippen LogP contribution in [-0.2, 0) is 6.18 Å². The van der Waals surface area contributed by atoms with Gasteiger partial charge in [-0.05, 0) is 36.1 Å². The van der Waals surface area contributed by atoms with Gasteiger partial charge in [0.1, 0.15) is 10.7 Å². The number of hydrogen-bond acceptors (Lipinski definition) is 4. The Bertz CT molecular complexity index is 778. The first kappa shape index (κ1) is 14.7. The second-order valence-corrected chi connectivity index (χ2v) is 6.07. The molecule has 4 rings (SSSR count). The minimum Gasteiger partial charge on any atom is -0.324 e. The Morgan fingerprint density at radius 2 is 1.91 bits per heavy atom. The zero-order valence-corrected chi connectivity index (χ0v) is 12.5. The summed E-state index contributed by atoms with van der Waals surface area (Å²) in [6.07, 6.45) is -1.63. The highest BCUT2D eigenvalue weighted by molar-refractivity contribution is 6.30. The SMILES string of the molecule is FC(F)(F)c1cnc(Nc2ccc3c(c2)[C@H]2CC[C@@H]3N2)nc1Cl. The molecule has 1 aromatic heterocycles. The number of aromatic nitrogens is 2. The maximum Gasteiger partial charge on any atom is 0.420 e. The first-order valence-electron chi connectivity index (χ1n) is 7.18. The molecule has 2 bridgehead atoms. The molecule has 1 fully saturated rings. The molecule has 2 aliphatic heterocycles. The summed E-state index contributed by atoms with van der Waals surface area (Å²) < 4.78 is 38.0. The van der Waals surface area contributed by atoms with Crippen LogP contribution in [0.25, 0.3) is 0 Å². The molecule has 3 heterocycles. The van der Waals surface area contributed by atoms with E-state index in [0.29, 0.717) is 18.3 Å². The van der Waals surface area contributed by atoms with Crippen molar-refractivity contribution >= 4 is 23.2 Å². The summed E-state index contributed by atoms with van der Waals surface area (Å²) in [5.41, 5.74) is 2.21. The largest absolute Gasteiger partial charge is 0.420 e. The van der Waals surface area contributed by atoms with E-state index in [1.165, 1.54) is 11.1 Å². The quantitative estimate of drug-likeness (QED) is 0.797. The highest BCUT2D eigenvalue weighted by Gasteiger charge is 2.36. The predicted molar refractivity (Wildman–Crippen MR) is 79.6 cm³/mol. The number of benzene rings is 1. The highest BCUT2D eigenvalue weighted by Crippen LogP contribution is 2.45. The van der Waals surface area contributed by atoms with Crippen molar-refractivity contribution in [1.29, 1.82) is 0 Å². The summed E-state index contributed by atoms with van der Waals surface area (Å²) in [7, 11) is 0. The Morgan fingerprint density at radius 3 is 2.61 bits per heavy atom. The Kier molecular flexibility index (Phi) is 3.24. The lowest BCUT2D eigenvalue weighted by Crippen LogP contribution is -2.09. The minimum atomic E-state index is -4.56. The topological polar surface area (TPSA) is 49.8 Å². The normalized spacial score (nSPS) is 22.3. The Morgan fingerprint density at radius 1 is 1.17 bits per heavy atom. The molecule has 2 N–H and O–H groups in total. The van der Waals surface area contributed by atoms with E-state index >= 15 is 0 Å². The Balaban J connectivity index is 1.60. The third-order valence-corrected chi connectivity index (χ3v) is 4.58. The Hall–Kier alpha value is -1.86. The molecule has 23 heavy (non-hydrogen) atoms. The van der Waals surface area contributed by atoms with Crippen LogP contribution in [0, 0.1) is 0 Å². The van der Waals surface area contributed by atoms with E-state index < -0.39 is 16.9 Å². The fourth-order valence-electron chi connectivity index (χ4n) is 3.25. The van der Waals surface area contributed by atoms with E-state index in [1.807, 2.05) is 18.2 Å². The summed E-state index contributed by atoms with van der Waals surface area (Å²) in [4.78, 5) is 7.38. The van der Waals surface area contributed by atoms with Crippen LogP contribution in [-0.4, -0.2) is 9.97 Å². The van der Waals surface area contributed by atoms with Crippen LogP contribution < -0.4 is 10.6 Å².